The Morgan fingerprint density at radius 2 is 1.78 bits per heavy atom. The molecule has 1 aromatic carbocycles. The van der Waals surface area contributed by atoms with Crippen molar-refractivity contribution in [2.24, 2.45) is 0 Å². The zero-order valence-corrected chi connectivity index (χ0v) is 16.2. The maximum Gasteiger partial charge on any atom is 0.317 e. The summed E-state index contributed by atoms with van der Waals surface area (Å²) in [5.41, 5.74) is 3.42. The van der Waals surface area contributed by atoms with E-state index in [4.69, 9.17) is 0 Å². The molecule has 1 saturated heterocycles. The largest absolute Gasteiger partial charge is 0.368 e. The first-order valence-corrected chi connectivity index (χ1v) is 9.95. The van der Waals surface area contributed by atoms with Gasteiger partial charge in [0.1, 0.15) is 0 Å². The summed E-state index contributed by atoms with van der Waals surface area (Å²) in [6.07, 6.45) is 8.29. The maximum absolute atomic E-state index is 12.4. The average molecular weight is 370 g/mol. The molecule has 1 fully saturated rings. The van der Waals surface area contributed by atoms with Crippen LogP contribution >= 0.6 is 0 Å². The van der Waals surface area contributed by atoms with E-state index in [1.54, 1.807) is 0 Å². The van der Waals surface area contributed by atoms with Gasteiger partial charge in [-0.3, -0.25) is 4.79 Å². The molecule has 0 aromatic heterocycles. The molecule has 0 radical (unpaired) electrons. The number of benzene rings is 1. The second kappa shape index (κ2) is 9.44. The van der Waals surface area contributed by atoms with Crippen LogP contribution in [0.2, 0.25) is 0 Å². The van der Waals surface area contributed by atoms with Gasteiger partial charge in [-0.1, -0.05) is 11.6 Å². The fourth-order valence-electron chi connectivity index (χ4n) is 3.70. The Morgan fingerprint density at radius 3 is 2.41 bits per heavy atom. The van der Waals surface area contributed by atoms with Gasteiger partial charge in [0.15, 0.2) is 0 Å². The summed E-state index contributed by atoms with van der Waals surface area (Å²) >= 11 is 0. The van der Waals surface area contributed by atoms with E-state index in [-0.39, 0.29) is 11.9 Å². The van der Waals surface area contributed by atoms with E-state index < -0.39 is 0 Å². The number of amides is 3. The molecule has 0 spiro atoms. The summed E-state index contributed by atoms with van der Waals surface area (Å²) in [7, 11) is 0. The van der Waals surface area contributed by atoms with E-state index >= 15 is 0 Å². The Balaban J connectivity index is 1.40. The van der Waals surface area contributed by atoms with E-state index in [9.17, 15) is 9.59 Å². The normalized spacial score (nSPS) is 17.3. The highest BCUT2D eigenvalue weighted by Gasteiger charge is 2.21. The number of anilines is 2. The number of rotatable bonds is 5. The molecule has 0 unspecified atom stereocenters. The smallest absolute Gasteiger partial charge is 0.317 e. The van der Waals surface area contributed by atoms with Gasteiger partial charge in [0, 0.05) is 51.0 Å². The zero-order chi connectivity index (χ0) is 19.1. The molecule has 3 amide bonds. The van der Waals surface area contributed by atoms with Gasteiger partial charge >= 0.3 is 6.03 Å². The lowest BCUT2D eigenvalue weighted by Crippen LogP contribution is -2.52. The molecule has 0 saturated carbocycles. The standard InChI is InChI=1S/C21H30N4O2/c1-17(26)23-19-7-9-20(10-8-19)24-13-15-25(16-14-24)21(27)22-12-11-18-5-3-2-4-6-18/h5,7-10H,2-4,6,11-16H2,1H3,(H,22,27)(H,23,26). The molecule has 1 heterocycles. The van der Waals surface area contributed by atoms with E-state index in [2.05, 4.69) is 21.6 Å². The minimum atomic E-state index is -0.0674. The first-order chi connectivity index (χ1) is 13.1. The SMILES string of the molecule is CC(=O)Nc1ccc(N2CCN(C(=O)NCCC3=CCCCC3)CC2)cc1. The van der Waals surface area contributed by atoms with E-state index in [1.165, 1.54) is 38.2 Å². The Bertz CT molecular complexity index is 676. The molecule has 0 bridgehead atoms. The predicted molar refractivity (Wildman–Crippen MR) is 109 cm³/mol. The Morgan fingerprint density at radius 1 is 1.04 bits per heavy atom. The number of hydrogen-bond acceptors (Lipinski definition) is 3. The van der Waals surface area contributed by atoms with Gasteiger partial charge in [-0.2, -0.15) is 0 Å². The maximum atomic E-state index is 12.4. The van der Waals surface area contributed by atoms with Crippen molar-refractivity contribution in [3.63, 3.8) is 0 Å². The number of allylic oxidation sites excluding steroid dienone is 1. The topological polar surface area (TPSA) is 64.7 Å². The highest BCUT2D eigenvalue weighted by atomic mass is 16.2. The van der Waals surface area contributed by atoms with E-state index in [0.717, 1.165) is 50.5 Å². The van der Waals surface area contributed by atoms with Crippen molar-refractivity contribution in [3.05, 3.63) is 35.9 Å². The van der Waals surface area contributed by atoms with Gasteiger partial charge in [-0.25, -0.2) is 4.79 Å². The predicted octanol–water partition coefficient (Wildman–Crippen LogP) is 3.37. The molecule has 146 valence electrons. The molecular formula is C21H30N4O2. The van der Waals surface area contributed by atoms with Crippen LogP contribution < -0.4 is 15.5 Å². The van der Waals surface area contributed by atoms with Crippen LogP contribution in [0.5, 0.6) is 0 Å². The van der Waals surface area contributed by atoms with Crippen LogP contribution in [-0.2, 0) is 4.79 Å². The fourth-order valence-corrected chi connectivity index (χ4v) is 3.70. The van der Waals surface area contributed by atoms with E-state index in [1.807, 2.05) is 29.2 Å². The van der Waals surface area contributed by atoms with Gasteiger partial charge in [0.2, 0.25) is 5.91 Å². The Labute approximate surface area is 161 Å². The second-order valence-corrected chi connectivity index (χ2v) is 7.29. The van der Waals surface area contributed by atoms with Crippen molar-refractivity contribution in [1.29, 1.82) is 0 Å². The average Bonchev–Trinajstić information content (AvgIpc) is 2.69. The van der Waals surface area contributed by atoms with Crippen molar-refractivity contribution in [1.82, 2.24) is 10.2 Å². The monoisotopic (exact) mass is 370 g/mol. The number of nitrogens with one attached hydrogen (secondary N) is 2. The summed E-state index contributed by atoms with van der Waals surface area (Å²) in [6, 6.07) is 7.90. The van der Waals surface area contributed by atoms with Gasteiger partial charge < -0.3 is 20.4 Å². The zero-order valence-electron chi connectivity index (χ0n) is 16.2. The van der Waals surface area contributed by atoms with Crippen molar-refractivity contribution >= 4 is 23.3 Å². The van der Waals surface area contributed by atoms with Crippen LogP contribution in [-0.4, -0.2) is 49.6 Å². The number of piperazine rings is 1. The van der Waals surface area contributed by atoms with Gasteiger partial charge in [0.25, 0.3) is 0 Å². The number of urea groups is 1. The van der Waals surface area contributed by atoms with Crippen molar-refractivity contribution in [2.75, 3.05) is 42.9 Å². The summed E-state index contributed by atoms with van der Waals surface area (Å²) < 4.78 is 0. The lowest BCUT2D eigenvalue weighted by Gasteiger charge is -2.36. The van der Waals surface area contributed by atoms with Crippen LogP contribution in [0, 0.1) is 0 Å². The molecule has 27 heavy (non-hydrogen) atoms. The number of carbonyl (C=O) groups is 2. The minimum Gasteiger partial charge on any atom is -0.368 e. The highest BCUT2D eigenvalue weighted by molar-refractivity contribution is 5.88. The third-order valence-corrected chi connectivity index (χ3v) is 5.23. The Kier molecular flexibility index (Phi) is 6.74. The summed E-state index contributed by atoms with van der Waals surface area (Å²) in [4.78, 5) is 27.6. The lowest BCUT2D eigenvalue weighted by molar-refractivity contribution is -0.114. The third-order valence-electron chi connectivity index (χ3n) is 5.23. The third kappa shape index (κ3) is 5.74. The quantitative estimate of drug-likeness (QED) is 0.781. The van der Waals surface area contributed by atoms with Gasteiger partial charge in [0.05, 0.1) is 0 Å². The van der Waals surface area contributed by atoms with Crippen molar-refractivity contribution < 1.29 is 9.59 Å². The fraction of sp³-hybridized carbons (Fsp3) is 0.524. The molecule has 2 N–H and O–H groups in total. The number of carbonyl (C=O) groups excluding carboxylic acids is 2. The van der Waals surface area contributed by atoms with Gasteiger partial charge in [-0.05, 0) is 56.4 Å². The van der Waals surface area contributed by atoms with Crippen molar-refractivity contribution in [2.45, 2.75) is 39.0 Å². The number of hydrogen-bond donors (Lipinski definition) is 2. The summed E-state index contributed by atoms with van der Waals surface area (Å²) in [6.45, 7) is 5.32. The van der Waals surface area contributed by atoms with E-state index in [0.29, 0.717) is 0 Å². The molecule has 6 nitrogen and oxygen atoms in total. The van der Waals surface area contributed by atoms with Crippen LogP contribution in [0.25, 0.3) is 0 Å². The van der Waals surface area contributed by atoms with Crippen LogP contribution in [0.15, 0.2) is 35.9 Å². The molecule has 1 aliphatic carbocycles. The van der Waals surface area contributed by atoms with Crippen LogP contribution in [0.4, 0.5) is 16.2 Å². The van der Waals surface area contributed by atoms with Crippen LogP contribution in [0.1, 0.15) is 39.0 Å². The first kappa shape index (κ1) is 19.3. The molecule has 2 aliphatic rings. The van der Waals surface area contributed by atoms with Crippen molar-refractivity contribution in [3.8, 4) is 0 Å². The summed E-state index contributed by atoms with van der Waals surface area (Å²) in [5, 5.41) is 5.84. The minimum absolute atomic E-state index is 0.0482. The molecule has 1 aromatic rings. The molecule has 0 atom stereocenters. The van der Waals surface area contributed by atoms with Crippen LogP contribution in [0.3, 0.4) is 0 Å². The number of nitrogens with zero attached hydrogens (tertiary/aromatic N) is 2. The molecule has 1 aliphatic heterocycles. The summed E-state index contributed by atoms with van der Waals surface area (Å²) in [5.74, 6) is -0.0674. The molecular weight excluding hydrogens is 340 g/mol. The molecule has 3 rings (SSSR count). The first-order valence-electron chi connectivity index (χ1n) is 9.95. The Hall–Kier alpha value is -2.50. The second-order valence-electron chi connectivity index (χ2n) is 7.29. The van der Waals surface area contributed by atoms with Gasteiger partial charge in [-0.15, -0.1) is 0 Å². The lowest BCUT2D eigenvalue weighted by atomic mass is 9.97. The molecule has 6 heteroatoms. The highest BCUT2D eigenvalue weighted by Crippen LogP contribution is 2.20.